The molecule has 1 saturated heterocycles. The molecule has 1 N–H and O–H groups in total. The van der Waals surface area contributed by atoms with E-state index in [-0.39, 0.29) is 4.21 Å². The second-order valence-electron chi connectivity index (χ2n) is 3.95. The molecule has 19 heavy (non-hydrogen) atoms. The molecule has 2 rings (SSSR count). The van der Waals surface area contributed by atoms with Gasteiger partial charge in [-0.05, 0) is 28.1 Å². The first-order valence-corrected chi connectivity index (χ1v) is 8.86. The lowest BCUT2D eigenvalue weighted by atomic mass is 10.4. The first kappa shape index (κ1) is 15.4. The van der Waals surface area contributed by atoms with Crippen LogP contribution < -0.4 is 4.89 Å². The first-order valence-electron chi connectivity index (χ1n) is 5.77. The third-order valence-electron chi connectivity index (χ3n) is 2.60. The van der Waals surface area contributed by atoms with Crippen LogP contribution >= 0.6 is 27.3 Å². The van der Waals surface area contributed by atoms with Crippen molar-refractivity contribution in [3.8, 4) is 0 Å². The standard InChI is InChI=1S/C10H15BrN2O4S2/c11-9-1-2-10(18-9)19(14,15)12-17-8-5-13-3-6-16-7-4-13/h1-2,12H,3-8H2. The molecule has 2 heterocycles. The van der Waals surface area contributed by atoms with Gasteiger partial charge in [0, 0.05) is 19.6 Å². The van der Waals surface area contributed by atoms with Crippen LogP contribution in [0.4, 0.5) is 0 Å². The van der Waals surface area contributed by atoms with Gasteiger partial charge in [-0.3, -0.25) is 9.74 Å². The van der Waals surface area contributed by atoms with Crippen LogP contribution in [0.15, 0.2) is 20.1 Å². The number of rotatable bonds is 6. The highest BCUT2D eigenvalue weighted by Gasteiger charge is 2.17. The maximum atomic E-state index is 11.8. The molecule has 9 heteroatoms. The predicted molar refractivity (Wildman–Crippen MR) is 75.6 cm³/mol. The highest BCUT2D eigenvalue weighted by Crippen LogP contribution is 2.25. The number of nitrogens with one attached hydrogen (secondary N) is 1. The van der Waals surface area contributed by atoms with Gasteiger partial charge in [0.05, 0.1) is 23.6 Å². The van der Waals surface area contributed by atoms with E-state index in [9.17, 15) is 8.42 Å². The lowest BCUT2D eigenvalue weighted by Gasteiger charge is -2.26. The average molecular weight is 371 g/mol. The fourth-order valence-corrected chi connectivity index (χ4v) is 4.42. The summed E-state index contributed by atoms with van der Waals surface area (Å²) in [5, 5.41) is 0. The Hall–Kier alpha value is -0.0300. The van der Waals surface area contributed by atoms with Crippen molar-refractivity contribution in [1.82, 2.24) is 9.79 Å². The summed E-state index contributed by atoms with van der Waals surface area (Å²) in [5.74, 6) is 0. The van der Waals surface area contributed by atoms with Crippen molar-refractivity contribution < 1.29 is 18.0 Å². The molecule has 108 valence electrons. The zero-order valence-corrected chi connectivity index (χ0v) is 13.4. The molecule has 0 amide bonds. The molecule has 0 atom stereocenters. The van der Waals surface area contributed by atoms with Crippen molar-refractivity contribution in [3.05, 3.63) is 15.9 Å². The van der Waals surface area contributed by atoms with E-state index in [0.717, 1.165) is 41.4 Å². The van der Waals surface area contributed by atoms with E-state index in [1.165, 1.54) is 6.07 Å². The van der Waals surface area contributed by atoms with E-state index < -0.39 is 10.0 Å². The van der Waals surface area contributed by atoms with E-state index in [1.54, 1.807) is 6.07 Å². The minimum Gasteiger partial charge on any atom is -0.379 e. The summed E-state index contributed by atoms with van der Waals surface area (Å²) in [4.78, 5) is 9.33. The van der Waals surface area contributed by atoms with Gasteiger partial charge >= 0.3 is 0 Å². The molecule has 0 radical (unpaired) electrons. The average Bonchev–Trinajstić information content (AvgIpc) is 2.84. The van der Waals surface area contributed by atoms with Gasteiger partial charge in [-0.2, -0.15) is 0 Å². The zero-order valence-electron chi connectivity index (χ0n) is 10.2. The Balaban J connectivity index is 1.72. The molecular weight excluding hydrogens is 356 g/mol. The number of hydrogen-bond donors (Lipinski definition) is 1. The molecule has 6 nitrogen and oxygen atoms in total. The van der Waals surface area contributed by atoms with Crippen LogP contribution in [0.3, 0.4) is 0 Å². The predicted octanol–water partition coefficient (Wildman–Crippen LogP) is 1.05. The monoisotopic (exact) mass is 370 g/mol. The molecule has 0 saturated carbocycles. The smallest absolute Gasteiger partial charge is 0.271 e. The van der Waals surface area contributed by atoms with Crippen LogP contribution in [0.1, 0.15) is 0 Å². The summed E-state index contributed by atoms with van der Waals surface area (Å²) in [6.45, 7) is 4.14. The van der Waals surface area contributed by atoms with Gasteiger partial charge in [0.2, 0.25) is 0 Å². The Labute approximate surface area is 124 Å². The van der Waals surface area contributed by atoms with Crippen molar-refractivity contribution in [1.29, 1.82) is 0 Å². The molecule has 1 fully saturated rings. The molecule has 1 aromatic rings. The molecule has 0 aromatic carbocycles. The van der Waals surface area contributed by atoms with Crippen LogP contribution in [0, 0.1) is 0 Å². The molecule has 1 aromatic heterocycles. The van der Waals surface area contributed by atoms with Crippen molar-refractivity contribution >= 4 is 37.3 Å². The third kappa shape index (κ3) is 4.78. The maximum absolute atomic E-state index is 11.8. The van der Waals surface area contributed by atoms with Crippen molar-refractivity contribution in [2.75, 3.05) is 39.5 Å². The SMILES string of the molecule is O=S(=O)(NOCCN1CCOCC1)c1ccc(Br)s1. The Morgan fingerprint density at radius 1 is 1.42 bits per heavy atom. The Morgan fingerprint density at radius 3 is 2.79 bits per heavy atom. The molecule has 0 unspecified atom stereocenters. The van der Waals surface area contributed by atoms with Gasteiger partial charge in [-0.25, -0.2) is 8.42 Å². The van der Waals surface area contributed by atoms with Crippen LogP contribution in [-0.4, -0.2) is 52.8 Å². The third-order valence-corrected chi connectivity index (χ3v) is 5.92. The Morgan fingerprint density at radius 2 is 2.16 bits per heavy atom. The second kappa shape index (κ2) is 7.11. The summed E-state index contributed by atoms with van der Waals surface area (Å²) in [6.07, 6.45) is 0. The maximum Gasteiger partial charge on any atom is 0.271 e. The summed E-state index contributed by atoms with van der Waals surface area (Å²) in [6, 6.07) is 3.22. The van der Waals surface area contributed by atoms with Gasteiger partial charge in [-0.1, -0.05) is 4.89 Å². The lowest BCUT2D eigenvalue weighted by Crippen LogP contribution is -2.39. The largest absolute Gasteiger partial charge is 0.379 e. The topological polar surface area (TPSA) is 67.9 Å². The van der Waals surface area contributed by atoms with Gasteiger partial charge in [0.25, 0.3) is 10.0 Å². The molecule has 0 bridgehead atoms. The van der Waals surface area contributed by atoms with Gasteiger partial charge in [0.1, 0.15) is 4.21 Å². The zero-order chi connectivity index (χ0) is 13.7. The van der Waals surface area contributed by atoms with E-state index in [1.807, 2.05) is 0 Å². The highest BCUT2D eigenvalue weighted by atomic mass is 79.9. The quantitative estimate of drug-likeness (QED) is 0.598. The molecule has 1 aliphatic rings. The van der Waals surface area contributed by atoms with E-state index in [4.69, 9.17) is 9.57 Å². The highest BCUT2D eigenvalue weighted by molar-refractivity contribution is 9.11. The minimum absolute atomic E-state index is 0.228. The van der Waals surface area contributed by atoms with Crippen molar-refractivity contribution in [2.24, 2.45) is 0 Å². The number of nitrogens with zero attached hydrogens (tertiary/aromatic N) is 1. The van der Waals surface area contributed by atoms with Gasteiger partial charge in [0.15, 0.2) is 0 Å². The Kier molecular flexibility index (Phi) is 5.75. The normalized spacial score (nSPS) is 17.7. The number of thiophene rings is 1. The first-order chi connectivity index (χ1) is 9.08. The van der Waals surface area contributed by atoms with E-state index >= 15 is 0 Å². The fourth-order valence-electron chi connectivity index (χ4n) is 1.60. The van der Waals surface area contributed by atoms with Gasteiger partial charge < -0.3 is 4.74 Å². The summed E-state index contributed by atoms with van der Waals surface area (Å²) in [7, 11) is -3.57. The van der Waals surface area contributed by atoms with Crippen LogP contribution in [0.2, 0.25) is 0 Å². The number of ether oxygens (including phenoxy) is 1. The molecule has 0 spiro atoms. The molecule has 1 aliphatic heterocycles. The molecule has 0 aliphatic carbocycles. The van der Waals surface area contributed by atoms with Crippen LogP contribution in [0.25, 0.3) is 0 Å². The molecular formula is C10H15BrN2O4S2. The van der Waals surface area contributed by atoms with Crippen molar-refractivity contribution in [2.45, 2.75) is 4.21 Å². The summed E-state index contributed by atoms with van der Waals surface area (Å²) < 4.78 is 29.8. The minimum atomic E-state index is -3.57. The van der Waals surface area contributed by atoms with Crippen LogP contribution in [0.5, 0.6) is 0 Å². The number of sulfonamides is 1. The number of morpholine rings is 1. The number of halogens is 1. The van der Waals surface area contributed by atoms with Gasteiger partial charge in [-0.15, -0.1) is 11.3 Å². The van der Waals surface area contributed by atoms with E-state index in [0.29, 0.717) is 13.2 Å². The number of hydrogen-bond acceptors (Lipinski definition) is 6. The second-order valence-corrected chi connectivity index (χ2v) is 8.28. The Bertz CT molecular complexity index is 499. The summed E-state index contributed by atoms with van der Waals surface area (Å²) in [5.41, 5.74) is 0. The fraction of sp³-hybridized carbons (Fsp3) is 0.600. The van der Waals surface area contributed by atoms with Crippen molar-refractivity contribution in [3.63, 3.8) is 0 Å². The summed E-state index contributed by atoms with van der Waals surface area (Å²) >= 11 is 4.37. The lowest BCUT2D eigenvalue weighted by molar-refractivity contribution is 0.0125. The van der Waals surface area contributed by atoms with E-state index in [2.05, 4.69) is 25.7 Å². The van der Waals surface area contributed by atoms with Crippen LogP contribution in [-0.2, 0) is 19.6 Å².